The standard InChI is InChI=1S/C23H31N3O7S/c1-23(2,3)33-22(27)26-13-18(14-26)32-19-9-7-16(24)10-21(19)34(28,29)25-12-15-6-8-17(30-4)11-20(15)31-5/h6-11,18,25H,12-14,24H2,1-5H3. The number of nitrogens with two attached hydrogens (primary N) is 1. The van der Waals surface area contributed by atoms with E-state index in [1.165, 1.54) is 31.3 Å². The molecule has 3 rings (SSSR count). The van der Waals surface area contributed by atoms with Crippen LogP contribution in [0, 0.1) is 0 Å². The molecule has 0 saturated carbocycles. The van der Waals surface area contributed by atoms with Gasteiger partial charge in [-0.1, -0.05) is 6.07 Å². The summed E-state index contributed by atoms with van der Waals surface area (Å²) >= 11 is 0. The van der Waals surface area contributed by atoms with Crippen LogP contribution >= 0.6 is 0 Å². The molecular formula is C23H31N3O7S. The van der Waals surface area contributed by atoms with Gasteiger partial charge in [0.15, 0.2) is 0 Å². The lowest BCUT2D eigenvalue weighted by molar-refractivity contribution is -0.0228. The van der Waals surface area contributed by atoms with E-state index in [2.05, 4.69) is 4.72 Å². The summed E-state index contributed by atoms with van der Waals surface area (Å²) in [7, 11) is -0.952. The van der Waals surface area contributed by atoms with Crippen molar-refractivity contribution in [3.05, 3.63) is 42.0 Å². The zero-order chi connectivity index (χ0) is 25.1. The van der Waals surface area contributed by atoms with Crippen molar-refractivity contribution in [2.24, 2.45) is 0 Å². The highest BCUT2D eigenvalue weighted by Crippen LogP contribution is 2.30. The molecule has 1 amide bonds. The molecule has 0 spiro atoms. The maximum atomic E-state index is 13.1. The number of hydrogen-bond acceptors (Lipinski definition) is 8. The summed E-state index contributed by atoms with van der Waals surface area (Å²) in [5.74, 6) is 1.23. The van der Waals surface area contributed by atoms with Gasteiger partial charge in [-0.15, -0.1) is 0 Å². The van der Waals surface area contributed by atoms with E-state index in [1.54, 1.807) is 45.0 Å². The Hall–Kier alpha value is -3.18. The monoisotopic (exact) mass is 493 g/mol. The fourth-order valence-electron chi connectivity index (χ4n) is 3.25. The number of amides is 1. The van der Waals surface area contributed by atoms with Crippen molar-refractivity contribution in [2.45, 2.75) is 43.9 Å². The molecule has 10 nitrogen and oxygen atoms in total. The SMILES string of the molecule is COc1ccc(CNS(=O)(=O)c2cc(N)ccc2OC2CN(C(=O)OC(C)(C)C)C2)c(OC)c1. The van der Waals surface area contributed by atoms with Gasteiger partial charge in [0.25, 0.3) is 0 Å². The molecular weight excluding hydrogens is 462 g/mol. The van der Waals surface area contributed by atoms with Crippen molar-refractivity contribution in [2.75, 3.05) is 33.0 Å². The number of anilines is 1. The number of ether oxygens (including phenoxy) is 4. The minimum absolute atomic E-state index is 0.0143. The van der Waals surface area contributed by atoms with Crippen molar-refractivity contribution >= 4 is 21.8 Å². The highest BCUT2D eigenvalue weighted by atomic mass is 32.2. The van der Waals surface area contributed by atoms with E-state index in [1.807, 2.05) is 0 Å². The Balaban J connectivity index is 1.70. The average molecular weight is 494 g/mol. The number of likely N-dealkylation sites (tertiary alicyclic amines) is 1. The molecule has 0 radical (unpaired) electrons. The molecule has 11 heteroatoms. The minimum Gasteiger partial charge on any atom is -0.497 e. The van der Waals surface area contributed by atoms with Crippen molar-refractivity contribution < 1.29 is 32.2 Å². The van der Waals surface area contributed by atoms with Crippen molar-refractivity contribution in [3.63, 3.8) is 0 Å². The van der Waals surface area contributed by atoms with Crippen LogP contribution in [0.15, 0.2) is 41.3 Å². The van der Waals surface area contributed by atoms with Gasteiger partial charge in [0, 0.05) is 23.9 Å². The second-order valence-electron chi connectivity index (χ2n) is 8.83. The summed E-state index contributed by atoms with van der Waals surface area (Å²) < 4.78 is 50.5. The zero-order valence-electron chi connectivity index (χ0n) is 20.0. The molecule has 0 atom stereocenters. The molecule has 2 aromatic carbocycles. The predicted octanol–water partition coefficient (Wildman–Crippen LogP) is 2.76. The van der Waals surface area contributed by atoms with E-state index in [0.29, 0.717) is 17.1 Å². The Morgan fingerprint density at radius 2 is 1.79 bits per heavy atom. The lowest BCUT2D eigenvalue weighted by atomic mass is 10.1. The molecule has 34 heavy (non-hydrogen) atoms. The number of methoxy groups -OCH3 is 2. The lowest BCUT2D eigenvalue weighted by Crippen LogP contribution is -2.57. The highest BCUT2D eigenvalue weighted by Gasteiger charge is 2.36. The molecule has 1 aliphatic rings. The Morgan fingerprint density at radius 3 is 2.41 bits per heavy atom. The minimum atomic E-state index is -3.98. The van der Waals surface area contributed by atoms with E-state index in [-0.39, 0.29) is 42.1 Å². The van der Waals surface area contributed by atoms with Crippen molar-refractivity contribution in [1.82, 2.24) is 9.62 Å². The number of nitrogen functional groups attached to an aromatic ring is 1. The maximum Gasteiger partial charge on any atom is 0.410 e. The Morgan fingerprint density at radius 1 is 1.09 bits per heavy atom. The van der Waals surface area contributed by atoms with Crippen LogP contribution in [0.3, 0.4) is 0 Å². The summed E-state index contributed by atoms with van der Waals surface area (Å²) in [6.45, 7) is 5.93. The highest BCUT2D eigenvalue weighted by molar-refractivity contribution is 7.89. The molecule has 0 unspecified atom stereocenters. The van der Waals surface area contributed by atoms with Gasteiger partial charge in [-0.3, -0.25) is 0 Å². The number of carbonyl (C=O) groups is 1. The number of nitrogens with one attached hydrogen (secondary N) is 1. The molecule has 186 valence electrons. The second kappa shape index (κ2) is 9.98. The first-order valence-electron chi connectivity index (χ1n) is 10.7. The second-order valence-corrected chi connectivity index (χ2v) is 10.6. The third-order valence-corrected chi connectivity index (χ3v) is 6.42. The van der Waals surface area contributed by atoms with Crippen LogP contribution in [-0.2, 0) is 21.3 Å². The topological polar surface area (TPSA) is 129 Å². The Bertz CT molecular complexity index is 1140. The molecule has 1 saturated heterocycles. The molecule has 2 aromatic rings. The summed E-state index contributed by atoms with van der Waals surface area (Å²) in [5, 5.41) is 0. The van der Waals surface area contributed by atoms with Crippen LogP contribution in [-0.4, -0.2) is 58.4 Å². The molecule has 3 N–H and O–H groups in total. The van der Waals surface area contributed by atoms with Crippen LogP contribution in [0.5, 0.6) is 17.2 Å². The summed E-state index contributed by atoms with van der Waals surface area (Å²) in [6.07, 6.45) is -0.806. The number of nitrogens with zero attached hydrogens (tertiary/aromatic N) is 1. The summed E-state index contributed by atoms with van der Waals surface area (Å²) in [5.41, 5.74) is 6.16. The number of carbonyl (C=O) groups excluding carboxylic acids is 1. The molecule has 1 aliphatic heterocycles. The van der Waals surface area contributed by atoms with Crippen LogP contribution in [0.4, 0.5) is 10.5 Å². The molecule has 0 aliphatic carbocycles. The molecule has 0 aromatic heterocycles. The maximum absolute atomic E-state index is 13.1. The number of rotatable bonds is 8. The van der Waals surface area contributed by atoms with Crippen LogP contribution in [0.25, 0.3) is 0 Å². The quantitative estimate of drug-likeness (QED) is 0.537. The first kappa shape index (κ1) is 25.4. The number of sulfonamides is 1. The van der Waals surface area contributed by atoms with Gasteiger partial charge in [0.1, 0.15) is 33.8 Å². The Kier molecular flexibility index (Phi) is 7.47. The van der Waals surface area contributed by atoms with Crippen molar-refractivity contribution in [1.29, 1.82) is 0 Å². The van der Waals surface area contributed by atoms with Gasteiger partial charge in [0.2, 0.25) is 10.0 Å². The molecule has 1 heterocycles. The van der Waals surface area contributed by atoms with Crippen LogP contribution < -0.4 is 24.7 Å². The third kappa shape index (κ3) is 6.23. The largest absolute Gasteiger partial charge is 0.497 e. The van der Waals surface area contributed by atoms with Crippen LogP contribution in [0.1, 0.15) is 26.3 Å². The first-order valence-corrected chi connectivity index (χ1v) is 12.1. The average Bonchev–Trinajstić information content (AvgIpc) is 2.73. The fraction of sp³-hybridized carbons (Fsp3) is 0.435. The van der Waals surface area contributed by atoms with Gasteiger partial charge in [-0.2, -0.15) is 0 Å². The van der Waals surface area contributed by atoms with E-state index < -0.39 is 21.7 Å². The predicted molar refractivity (Wildman–Crippen MR) is 127 cm³/mol. The van der Waals surface area contributed by atoms with E-state index >= 15 is 0 Å². The molecule has 0 bridgehead atoms. The lowest BCUT2D eigenvalue weighted by Gasteiger charge is -2.39. The normalized spacial score (nSPS) is 14.3. The van der Waals surface area contributed by atoms with E-state index in [4.69, 9.17) is 24.7 Å². The van der Waals surface area contributed by atoms with Gasteiger partial charge < -0.3 is 29.6 Å². The first-order chi connectivity index (χ1) is 15.9. The van der Waals surface area contributed by atoms with Gasteiger partial charge in [-0.25, -0.2) is 17.9 Å². The number of benzene rings is 2. The van der Waals surface area contributed by atoms with E-state index in [9.17, 15) is 13.2 Å². The number of hydrogen-bond donors (Lipinski definition) is 2. The summed E-state index contributed by atoms with van der Waals surface area (Å²) in [6, 6.07) is 9.52. The van der Waals surface area contributed by atoms with Gasteiger partial charge in [-0.05, 0) is 45.0 Å². The smallest absolute Gasteiger partial charge is 0.410 e. The van der Waals surface area contributed by atoms with Gasteiger partial charge >= 0.3 is 6.09 Å². The third-order valence-electron chi connectivity index (χ3n) is 5.00. The summed E-state index contributed by atoms with van der Waals surface area (Å²) in [4.78, 5) is 13.5. The van der Waals surface area contributed by atoms with Gasteiger partial charge in [0.05, 0.1) is 27.3 Å². The Labute approximate surface area is 200 Å². The zero-order valence-corrected chi connectivity index (χ0v) is 20.8. The fourth-order valence-corrected chi connectivity index (χ4v) is 4.42. The molecule has 1 fully saturated rings. The van der Waals surface area contributed by atoms with Crippen molar-refractivity contribution in [3.8, 4) is 17.2 Å². The van der Waals surface area contributed by atoms with Crippen LogP contribution in [0.2, 0.25) is 0 Å². The van der Waals surface area contributed by atoms with E-state index in [0.717, 1.165) is 0 Å².